The average molecular weight is 355 g/mol. The first kappa shape index (κ1) is 18.3. The Balaban J connectivity index is 1.77. The van der Waals surface area contributed by atoms with Gasteiger partial charge in [-0.15, -0.1) is 0 Å². The van der Waals surface area contributed by atoms with Crippen molar-refractivity contribution in [3.8, 4) is 0 Å². The van der Waals surface area contributed by atoms with Crippen LogP contribution in [0.1, 0.15) is 35.3 Å². The van der Waals surface area contributed by atoms with Gasteiger partial charge in [0, 0.05) is 30.2 Å². The van der Waals surface area contributed by atoms with Gasteiger partial charge in [-0.25, -0.2) is 0 Å². The van der Waals surface area contributed by atoms with Crippen molar-refractivity contribution in [2.75, 3.05) is 26.7 Å². The first-order valence-corrected chi connectivity index (χ1v) is 9.03. The molecule has 26 heavy (non-hydrogen) atoms. The molecule has 1 saturated heterocycles. The van der Waals surface area contributed by atoms with E-state index in [9.17, 15) is 9.59 Å². The molecule has 0 spiro atoms. The number of carboxylic acids is 1. The number of likely N-dealkylation sites (tertiary alicyclic amines) is 1. The zero-order valence-corrected chi connectivity index (χ0v) is 15.3. The maximum absolute atomic E-state index is 13.1. The summed E-state index contributed by atoms with van der Waals surface area (Å²) in [6, 6.07) is 9.85. The second-order valence-corrected chi connectivity index (χ2v) is 7.02. The number of hydrogen-bond acceptors (Lipinski definition) is 4. The molecule has 3 rings (SSSR count). The molecule has 1 amide bonds. The number of amides is 1. The fourth-order valence-electron chi connectivity index (χ4n) is 3.65. The highest BCUT2D eigenvalue weighted by Gasteiger charge is 2.25. The van der Waals surface area contributed by atoms with Crippen LogP contribution in [0, 0.1) is 6.92 Å². The second-order valence-electron chi connectivity index (χ2n) is 7.02. The molecule has 2 aromatic rings. The van der Waals surface area contributed by atoms with Gasteiger partial charge in [0.15, 0.2) is 0 Å². The lowest BCUT2D eigenvalue weighted by Gasteiger charge is -2.25. The van der Waals surface area contributed by atoms with Crippen LogP contribution >= 0.6 is 0 Å². The number of likely N-dealkylation sites (N-methyl/N-ethyl adjacent to an activating group) is 1. The molecule has 1 aromatic carbocycles. The molecule has 1 unspecified atom stereocenters. The smallest absolute Gasteiger partial charge is 0.317 e. The molecular weight excluding hydrogens is 330 g/mol. The molecule has 1 atom stereocenters. The summed E-state index contributed by atoms with van der Waals surface area (Å²) in [6.07, 6.45) is 2.56. The monoisotopic (exact) mass is 355 g/mol. The molecule has 2 heterocycles. The number of hydrogen-bond donors (Lipinski definition) is 1. The van der Waals surface area contributed by atoms with Crippen molar-refractivity contribution in [3.05, 3.63) is 41.6 Å². The van der Waals surface area contributed by atoms with Crippen molar-refractivity contribution < 1.29 is 14.7 Å². The van der Waals surface area contributed by atoms with Crippen LogP contribution in [0.3, 0.4) is 0 Å². The van der Waals surface area contributed by atoms with Crippen LogP contribution < -0.4 is 0 Å². The Morgan fingerprint density at radius 1 is 1.23 bits per heavy atom. The van der Waals surface area contributed by atoms with Gasteiger partial charge < -0.3 is 10.0 Å². The van der Waals surface area contributed by atoms with Crippen LogP contribution in [0.25, 0.3) is 10.9 Å². The van der Waals surface area contributed by atoms with Gasteiger partial charge in [0.1, 0.15) is 0 Å². The average Bonchev–Trinajstić information content (AvgIpc) is 2.86. The van der Waals surface area contributed by atoms with E-state index in [1.54, 1.807) is 0 Å². The summed E-state index contributed by atoms with van der Waals surface area (Å²) in [5, 5.41) is 9.95. The Labute approximate surface area is 153 Å². The quantitative estimate of drug-likeness (QED) is 0.912. The molecule has 138 valence electrons. The lowest BCUT2D eigenvalue weighted by atomic mass is 10.1. The number of rotatable bonds is 4. The highest BCUT2D eigenvalue weighted by molar-refractivity contribution is 6.05. The zero-order valence-electron chi connectivity index (χ0n) is 15.3. The van der Waals surface area contributed by atoms with Crippen LogP contribution in [0.2, 0.25) is 0 Å². The van der Waals surface area contributed by atoms with Gasteiger partial charge in [-0.3, -0.25) is 19.5 Å². The number of aromatic nitrogens is 1. The summed E-state index contributed by atoms with van der Waals surface area (Å²) in [6.45, 7) is 3.29. The predicted molar refractivity (Wildman–Crippen MR) is 100 cm³/mol. The Morgan fingerprint density at radius 2 is 2.04 bits per heavy atom. The lowest BCUT2D eigenvalue weighted by Crippen LogP contribution is -2.37. The van der Waals surface area contributed by atoms with Crippen molar-refractivity contribution in [2.24, 2.45) is 0 Å². The van der Waals surface area contributed by atoms with Gasteiger partial charge in [0.05, 0.1) is 17.6 Å². The van der Waals surface area contributed by atoms with E-state index in [-0.39, 0.29) is 18.5 Å². The Hall–Kier alpha value is -2.47. The van der Waals surface area contributed by atoms with Crippen LogP contribution in [0.5, 0.6) is 0 Å². The molecule has 1 aliphatic heterocycles. The van der Waals surface area contributed by atoms with Gasteiger partial charge >= 0.3 is 5.97 Å². The minimum absolute atomic E-state index is 0.00948. The Bertz CT molecular complexity index is 821. The number of pyridine rings is 1. The Morgan fingerprint density at radius 3 is 2.81 bits per heavy atom. The predicted octanol–water partition coefficient (Wildman–Crippen LogP) is 2.55. The van der Waals surface area contributed by atoms with E-state index in [2.05, 4.69) is 4.98 Å². The summed E-state index contributed by atoms with van der Waals surface area (Å²) in [4.78, 5) is 32.4. The SMILES string of the molecule is Cc1ccc2cccc(C(=O)N3CCCC(N(C)CC(=O)O)CC3)c2n1. The fraction of sp³-hybridized carbons (Fsp3) is 0.450. The topological polar surface area (TPSA) is 73.7 Å². The van der Waals surface area contributed by atoms with E-state index < -0.39 is 5.97 Å². The van der Waals surface area contributed by atoms with Gasteiger partial charge in [-0.05, 0) is 45.4 Å². The highest BCUT2D eigenvalue weighted by atomic mass is 16.4. The zero-order chi connectivity index (χ0) is 18.7. The second kappa shape index (κ2) is 7.83. The van der Waals surface area contributed by atoms with Crippen molar-refractivity contribution in [2.45, 2.75) is 32.2 Å². The molecular formula is C20H25N3O3. The molecule has 0 saturated carbocycles. The number of carboxylic acid groups (broad SMARTS) is 1. The number of aryl methyl sites for hydroxylation is 1. The maximum atomic E-state index is 13.1. The third-order valence-corrected chi connectivity index (χ3v) is 5.08. The molecule has 1 fully saturated rings. The van der Waals surface area contributed by atoms with E-state index in [4.69, 9.17) is 5.11 Å². The van der Waals surface area contributed by atoms with E-state index >= 15 is 0 Å². The first-order chi connectivity index (χ1) is 12.5. The maximum Gasteiger partial charge on any atom is 0.317 e. The standard InChI is InChI=1S/C20H25N3O3/c1-14-8-9-15-5-3-7-17(19(15)21-14)20(26)23-11-4-6-16(10-12-23)22(2)13-18(24)25/h3,5,7-9,16H,4,6,10-13H2,1-2H3,(H,24,25). The minimum atomic E-state index is -0.818. The number of aliphatic carboxylic acids is 1. The van der Waals surface area contributed by atoms with Crippen molar-refractivity contribution in [3.63, 3.8) is 0 Å². The number of carbonyl (C=O) groups excluding carboxylic acids is 1. The van der Waals surface area contributed by atoms with E-state index in [1.807, 2.05) is 54.1 Å². The molecule has 6 nitrogen and oxygen atoms in total. The fourth-order valence-corrected chi connectivity index (χ4v) is 3.65. The largest absolute Gasteiger partial charge is 0.480 e. The number of fused-ring (bicyclic) bond motifs is 1. The van der Waals surface area contributed by atoms with E-state index in [1.165, 1.54) is 0 Å². The summed E-state index contributed by atoms with van der Waals surface area (Å²) in [5.74, 6) is -0.808. The summed E-state index contributed by atoms with van der Waals surface area (Å²) in [5.41, 5.74) is 2.29. The van der Waals surface area contributed by atoms with Gasteiger partial charge in [0.25, 0.3) is 5.91 Å². The van der Waals surface area contributed by atoms with Crippen molar-refractivity contribution in [1.82, 2.24) is 14.8 Å². The number of nitrogens with zero attached hydrogens (tertiary/aromatic N) is 3. The number of benzene rings is 1. The number of carbonyl (C=O) groups is 2. The third kappa shape index (κ3) is 4.02. The number of para-hydroxylation sites is 1. The van der Waals surface area contributed by atoms with Crippen molar-refractivity contribution >= 4 is 22.8 Å². The molecule has 0 radical (unpaired) electrons. The molecule has 1 N–H and O–H groups in total. The molecule has 0 bridgehead atoms. The van der Waals surface area contributed by atoms with Crippen LogP contribution in [0.4, 0.5) is 0 Å². The van der Waals surface area contributed by atoms with Gasteiger partial charge in [-0.1, -0.05) is 18.2 Å². The van der Waals surface area contributed by atoms with Gasteiger partial charge in [0.2, 0.25) is 0 Å². The molecule has 1 aromatic heterocycles. The van der Waals surface area contributed by atoms with Crippen LogP contribution in [-0.4, -0.2) is 64.5 Å². The summed E-state index contributed by atoms with van der Waals surface area (Å²) < 4.78 is 0. The summed E-state index contributed by atoms with van der Waals surface area (Å²) in [7, 11) is 1.84. The van der Waals surface area contributed by atoms with Crippen molar-refractivity contribution in [1.29, 1.82) is 0 Å². The molecule has 6 heteroatoms. The normalized spacial score (nSPS) is 18.1. The lowest BCUT2D eigenvalue weighted by molar-refractivity contribution is -0.138. The van der Waals surface area contributed by atoms with Crippen LogP contribution in [-0.2, 0) is 4.79 Å². The van der Waals surface area contributed by atoms with E-state index in [0.717, 1.165) is 35.9 Å². The Kier molecular flexibility index (Phi) is 5.52. The van der Waals surface area contributed by atoms with E-state index in [0.29, 0.717) is 18.7 Å². The first-order valence-electron chi connectivity index (χ1n) is 9.03. The highest BCUT2D eigenvalue weighted by Crippen LogP contribution is 2.22. The summed E-state index contributed by atoms with van der Waals surface area (Å²) >= 11 is 0. The van der Waals surface area contributed by atoms with Gasteiger partial charge in [-0.2, -0.15) is 0 Å². The molecule has 1 aliphatic rings. The molecule has 0 aliphatic carbocycles. The minimum Gasteiger partial charge on any atom is -0.480 e. The van der Waals surface area contributed by atoms with Crippen LogP contribution in [0.15, 0.2) is 30.3 Å². The third-order valence-electron chi connectivity index (χ3n) is 5.08.